The monoisotopic (exact) mass is 373 g/mol. The summed E-state index contributed by atoms with van der Waals surface area (Å²) in [6, 6.07) is 3.84. The number of carbonyl (C=O) groups is 2. The third-order valence-corrected chi connectivity index (χ3v) is 4.30. The lowest BCUT2D eigenvalue weighted by Crippen LogP contribution is -2.15. The zero-order valence-corrected chi connectivity index (χ0v) is 13.7. The van der Waals surface area contributed by atoms with E-state index in [2.05, 4.69) is 35.7 Å². The molecule has 0 radical (unpaired) electrons. The Kier molecular flexibility index (Phi) is 5.07. The summed E-state index contributed by atoms with van der Waals surface area (Å²) >= 11 is 4.92. The van der Waals surface area contributed by atoms with Crippen molar-refractivity contribution in [2.45, 2.75) is 13.0 Å². The van der Waals surface area contributed by atoms with Crippen molar-refractivity contribution in [2.75, 3.05) is 14.2 Å². The number of rotatable bonds is 5. The molecular weight excluding hydrogens is 362 g/mol. The summed E-state index contributed by atoms with van der Waals surface area (Å²) in [6.45, 7) is 0.409. The van der Waals surface area contributed by atoms with Crippen LogP contribution in [-0.4, -0.2) is 41.2 Å². The molecule has 2 aromatic rings. The molecule has 0 spiro atoms. The van der Waals surface area contributed by atoms with E-state index >= 15 is 0 Å². The minimum absolute atomic E-state index is 0.0264. The molecule has 0 aliphatic rings. The highest BCUT2D eigenvalue weighted by Crippen LogP contribution is 2.23. The average Bonchev–Trinajstić information content (AvgIpc) is 3.05. The zero-order valence-electron chi connectivity index (χ0n) is 11.3. The standard InChI is InChI=1S/C12H12BrN3O4S/c1-19-10(17)5-8-11(12(18)20-2)14-15-16(8)6-7-3-4-9(13)21-7/h3-4H,5-6H2,1-2H3. The first-order valence-electron chi connectivity index (χ1n) is 5.87. The highest BCUT2D eigenvalue weighted by atomic mass is 79.9. The molecule has 0 bridgehead atoms. The minimum Gasteiger partial charge on any atom is -0.469 e. The van der Waals surface area contributed by atoms with E-state index in [0.29, 0.717) is 12.2 Å². The molecule has 0 amide bonds. The summed E-state index contributed by atoms with van der Waals surface area (Å²) in [5, 5.41) is 7.73. The molecule has 0 aromatic carbocycles. The topological polar surface area (TPSA) is 83.3 Å². The molecule has 0 saturated heterocycles. The molecule has 2 aromatic heterocycles. The maximum Gasteiger partial charge on any atom is 0.360 e. The van der Waals surface area contributed by atoms with Crippen molar-refractivity contribution < 1.29 is 19.1 Å². The van der Waals surface area contributed by atoms with Crippen LogP contribution in [0.25, 0.3) is 0 Å². The third-order valence-electron chi connectivity index (χ3n) is 2.69. The van der Waals surface area contributed by atoms with Crippen molar-refractivity contribution in [3.05, 3.63) is 32.2 Å². The van der Waals surface area contributed by atoms with E-state index in [1.165, 1.54) is 30.2 Å². The van der Waals surface area contributed by atoms with Gasteiger partial charge in [0.05, 0.1) is 36.7 Å². The summed E-state index contributed by atoms with van der Waals surface area (Å²) in [5.41, 5.74) is 0.400. The number of hydrogen-bond donors (Lipinski definition) is 0. The molecule has 0 saturated carbocycles. The predicted molar refractivity (Wildman–Crippen MR) is 78.2 cm³/mol. The van der Waals surface area contributed by atoms with Crippen molar-refractivity contribution in [1.29, 1.82) is 0 Å². The smallest absolute Gasteiger partial charge is 0.360 e. The number of ether oxygens (including phenoxy) is 2. The van der Waals surface area contributed by atoms with E-state index in [0.717, 1.165) is 8.66 Å². The fraction of sp³-hybridized carbons (Fsp3) is 0.333. The quantitative estimate of drug-likeness (QED) is 0.741. The second-order valence-electron chi connectivity index (χ2n) is 3.99. The first-order chi connectivity index (χ1) is 10.0. The molecule has 0 atom stereocenters. The van der Waals surface area contributed by atoms with Gasteiger partial charge in [0.2, 0.25) is 0 Å². The van der Waals surface area contributed by atoms with Gasteiger partial charge in [0.15, 0.2) is 5.69 Å². The van der Waals surface area contributed by atoms with Crippen LogP contribution in [0.5, 0.6) is 0 Å². The Bertz CT molecular complexity index is 667. The molecule has 21 heavy (non-hydrogen) atoms. The molecule has 2 heterocycles. The lowest BCUT2D eigenvalue weighted by Gasteiger charge is -2.05. The van der Waals surface area contributed by atoms with Gasteiger partial charge in [-0.2, -0.15) is 0 Å². The molecule has 9 heteroatoms. The Labute approximate surface area is 133 Å². The Morgan fingerprint density at radius 3 is 2.67 bits per heavy atom. The summed E-state index contributed by atoms with van der Waals surface area (Å²) in [4.78, 5) is 24.2. The maximum absolute atomic E-state index is 11.7. The fourth-order valence-corrected chi connectivity index (χ4v) is 3.15. The van der Waals surface area contributed by atoms with E-state index in [4.69, 9.17) is 0 Å². The van der Waals surface area contributed by atoms with Crippen molar-refractivity contribution >= 4 is 39.2 Å². The number of nitrogens with zero attached hydrogens (tertiary/aromatic N) is 3. The van der Waals surface area contributed by atoms with Crippen molar-refractivity contribution in [1.82, 2.24) is 15.0 Å². The SMILES string of the molecule is COC(=O)Cc1c(C(=O)OC)nnn1Cc1ccc(Br)s1. The van der Waals surface area contributed by atoms with Gasteiger partial charge in [-0.15, -0.1) is 16.4 Å². The van der Waals surface area contributed by atoms with Gasteiger partial charge in [0.25, 0.3) is 0 Å². The van der Waals surface area contributed by atoms with Gasteiger partial charge in [-0.25, -0.2) is 9.48 Å². The van der Waals surface area contributed by atoms with Gasteiger partial charge < -0.3 is 9.47 Å². The summed E-state index contributed by atoms with van der Waals surface area (Å²) in [7, 11) is 2.53. The van der Waals surface area contributed by atoms with Gasteiger partial charge in [-0.05, 0) is 28.1 Å². The molecule has 0 N–H and O–H groups in total. The fourth-order valence-electron chi connectivity index (χ4n) is 1.68. The van der Waals surface area contributed by atoms with E-state index in [9.17, 15) is 9.59 Å². The number of halogens is 1. The van der Waals surface area contributed by atoms with Crippen molar-refractivity contribution in [2.24, 2.45) is 0 Å². The van der Waals surface area contributed by atoms with Crippen LogP contribution in [0.3, 0.4) is 0 Å². The van der Waals surface area contributed by atoms with Crippen molar-refractivity contribution in [3.63, 3.8) is 0 Å². The third kappa shape index (κ3) is 3.67. The molecule has 2 rings (SSSR count). The molecular formula is C12H12BrN3O4S. The number of methoxy groups -OCH3 is 2. The van der Waals surface area contributed by atoms with Crippen LogP contribution in [0.15, 0.2) is 15.9 Å². The number of hydrogen-bond acceptors (Lipinski definition) is 7. The summed E-state index contributed by atoms with van der Waals surface area (Å²) in [6.07, 6.45) is -0.0967. The maximum atomic E-state index is 11.7. The lowest BCUT2D eigenvalue weighted by molar-refractivity contribution is -0.139. The molecule has 0 unspecified atom stereocenters. The Hall–Kier alpha value is -1.74. The van der Waals surface area contributed by atoms with E-state index in [-0.39, 0.29) is 12.1 Å². The van der Waals surface area contributed by atoms with Crippen LogP contribution in [0.4, 0.5) is 0 Å². The Balaban J connectivity index is 2.33. The molecule has 7 nitrogen and oxygen atoms in total. The molecule has 0 fully saturated rings. The highest BCUT2D eigenvalue weighted by molar-refractivity contribution is 9.11. The van der Waals surface area contributed by atoms with Crippen LogP contribution in [0.2, 0.25) is 0 Å². The largest absolute Gasteiger partial charge is 0.469 e. The van der Waals surface area contributed by atoms with Gasteiger partial charge in [0.1, 0.15) is 0 Å². The van der Waals surface area contributed by atoms with Crippen LogP contribution in [0.1, 0.15) is 21.1 Å². The molecule has 0 aliphatic heterocycles. The average molecular weight is 374 g/mol. The Morgan fingerprint density at radius 1 is 1.33 bits per heavy atom. The van der Waals surface area contributed by atoms with Gasteiger partial charge in [-0.1, -0.05) is 5.21 Å². The van der Waals surface area contributed by atoms with Gasteiger partial charge in [-0.3, -0.25) is 4.79 Å². The number of carbonyl (C=O) groups excluding carboxylic acids is 2. The second kappa shape index (κ2) is 6.81. The van der Waals surface area contributed by atoms with Crippen LogP contribution in [0, 0.1) is 0 Å². The zero-order chi connectivity index (χ0) is 15.4. The van der Waals surface area contributed by atoms with Gasteiger partial charge >= 0.3 is 11.9 Å². The van der Waals surface area contributed by atoms with E-state index < -0.39 is 11.9 Å². The minimum atomic E-state index is -0.632. The van der Waals surface area contributed by atoms with E-state index in [1.54, 1.807) is 0 Å². The van der Waals surface area contributed by atoms with E-state index in [1.807, 2.05) is 12.1 Å². The molecule has 112 valence electrons. The predicted octanol–water partition coefficient (Wildman–Crippen LogP) is 1.65. The first kappa shape index (κ1) is 15.6. The van der Waals surface area contributed by atoms with Crippen LogP contribution in [-0.2, 0) is 27.2 Å². The summed E-state index contributed by atoms with van der Waals surface area (Å²) < 4.78 is 11.8. The number of thiophene rings is 1. The molecule has 0 aliphatic carbocycles. The number of esters is 2. The van der Waals surface area contributed by atoms with Crippen molar-refractivity contribution in [3.8, 4) is 0 Å². The lowest BCUT2D eigenvalue weighted by atomic mass is 10.2. The van der Waals surface area contributed by atoms with Crippen LogP contribution < -0.4 is 0 Å². The summed E-state index contributed by atoms with van der Waals surface area (Å²) in [5.74, 6) is -1.11. The van der Waals surface area contributed by atoms with Crippen LogP contribution >= 0.6 is 27.3 Å². The normalized spacial score (nSPS) is 10.4. The first-order valence-corrected chi connectivity index (χ1v) is 7.47. The van der Waals surface area contributed by atoms with Gasteiger partial charge in [0, 0.05) is 4.88 Å². The number of aromatic nitrogens is 3. The highest BCUT2D eigenvalue weighted by Gasteiger charge is 2.23. The second-order valence-corrected chi connectivity index (χ2v) is 6.54. The Morgan fingerprint density at radius 2 is 2.10 bits per heavy atom.